The van der Waals surface area contributed by atoms with Gasteiger partial charge in [-0.05, 0) is 31.4 Å². The predicted molar refractivity (Wildman–Crippen MR) is 74.8 cm³/mol. The number of amides is 1. The van der Waals surface area contributed by atoms with E-state index in [2.05, 4.69) is 0 Å². The summed E-state index contributed by atoms with van der Waals surface area (Å²) in [6, 6.07) is 3.38. The number of likely N-dealkylation sites (tertiary alicyclic amines) is 1. The first-order chi connectivity index (χ1) is 8.98. The van der Waals surface area contributed by atoms with Gasteiger partial charge < -0.3 is 10.0 Å². The molecule has 1 aromatic heterocycles. The maximum absolute atomic E-state index is 12.3. The van der Waals surface area contributed by atoms with Gasteiger partial charge >= 0.3 is 5.97 Å². The number of halogens is 1. The molecule has 1 unspecified atom stereocenters. The van der Waals surface area contributed by atoms with E-state index < -0.39 is 11.4 Å². The summed E-state index contributed by atoms with van der Waals surface area (Å²) in [7, 11) is 0. The second-order valence-corrected chi connectivity index (χ2v) is 6.59. The van der Waals surface area contributed by atoms with E-state index >= 15 is 0 Å². The smallest absolute Gasteiger partial charge is 0.311 e. The minimum absolute atomic E-state index is 0.115. The van der Waals surface area contributed by atoms with Gasteiger partial charge in [-0.25, -0.2) is 0 Å². The van der Waals surface area contributed by atoms with Gasteiger partial charge in [0, 0.05) is 13.1 Å². The molecule has 0 saturated carbocycles. The Kier molecular flexibility index (Phi) is 4.16. The van der Waals surface area contributed by atoms with E-state index in [0.717, 1.165) is 6.42 Å². The average Bonchev–Trinajstić information content (AvgIpc) is 2.84. The number of hydrogen-bond acceptors (Lipinski definition) is 3. The van der Waals surface area contributed by atoms with Crippen LogP contribution in [0.2, 0.25) is 4.34 Å². The largest absolute Gasteiger partial charge is 0.481 e. The molecular weight excluding hydrogens is 286 g/mol. The van der Waals surface area contributed by atoms with Crippen molar-refractivity contribution in [2.75, 3.05) is 13.1 Å². The second kappa shape index (κ2) is 5.51. The molecule has 1 amide bonds. The molecule has 1 saturated heterocycles. The molecule has 19 heavy (non-hydrogen) atoms. The maximum Gasteiger partial charge on any atom is 0.311 e. The van der Waals surface area contributed by atoms with Crippen LogP contribution in [0.4, 0.5) is 0 Å². The molecule has 0 spiro atoms. The number of carbonyl (C=O) groups is 2. The Morgan fingerprint density at radius 1 is 1.53 bits per heavy atom. The van der Waals surface area contributed by atoms with Crippen LogP contribution in [0.5, 0.6) is 0 Å². The standard InChI is InChI=1S/C13H16ClNO3S/c1-2-13(12(17)18)6-3-7-15(8-13)11(16)9-4-5-10(14)19-9/h4-5H,2-3,6-8H2,1H3,(H,17,18). The van der Waals surface area contributed by atoms with Crippen LogP contribution in [0, 0.1) is 5.41 Å². The molecular formula is C13H16ClNO3S. The lowest BCUT2D eigenvalue weighted by Gasteiger charge is -2.39. The van der Waals surface area contributed by atoms with E-state index in [0.29, 0.717) is 28.6 Å². The highest BCUT2D eigenvalue weighted by Gasteiger charge is 2.42. The molecule has 2 heterocycles. The first-order valence-corrected chi connectivity index (χ1v) is 7.46. The molecule has 4 nitrogen and oxygen atoms in total. The van der Waals surface area contributed by atoms with E-state index in [4.69, 9.17) is 11.6 Å². The Bertz CT molecular complexity index is 502. The molecule has 1 fully saturated rings. The SMILES string of the molecule is CCC1(C(=O)O)CCCN(C(=O)c2ccc(Cl)s2)C1. The average molecular weight is 302 g/mol. The number of carboxylic acids is 1. The van der Waals surface area contributed by atoms with Crippen molar-refractivity contribution in [2.45, 2.75) is 26.2 Å². The summed E-state index contributed by atoms with van der Waals surface area (Å²) >= 11 is 7.06. The topological polar surface area (TPSA) is 57.6 Å². The number of aliphatic carboxylic acids is 1. The summed E-state index contributed by atoms with van der Waals surface area (Å²) in [5.74, 6) is -0.924. The zero-order valence-electron chi connectivity index (χ0n) is 10.7. The molecule has 1 aromatic rings. The Balaban J connectivity index is 2.17. The van der Waals surface area contributed by atoms with Crippen molar-refractivity contribution in [3.8, 4) is 0 Å². The van der Waals surface area contributed by atoms with Crippen LogP contribution < -0.4 is 0 Å². The highest BCUT2D eigenvalue weighted by Crippen LogP contribution is 2.35. The van der Waals surface area contributed by atoms with Crippen molar-refractivity contribution in [1.82, 2.24) is 4.90 Å². The predicted octanol–water partition coefficient (Wildman–Crippen LogP) is 3.12. The summed E-state index contributed by atoms with van der Waals surface area (Å²) in [5.41, 5.74) is -0.797. The van der Waals surface area contributed by atoms with Crippen LogP contribution in [-0.2, 0) is 4.79 Å². The van der Waals surface area contributed by atoms with E-state index in [9.17, 15) is 14.7 Å². The third kappa shape index (κ3) is 2.77. The minimum Gasteiger partial charge on any atom is -0.481 e. The number of piperidine rings is 1. The van der Waals surface area contributed by atoms with Gasteiger partial charge in [0.25, 0.3) is 5.91 Å². The molecule has 0 aromatic carbocycles. The lowest BCUT2D eigenvalue weighted by Crippen LogP contribution is -2.49. The summed E-state index contributed by atoms with van der Waals surface area (Å²) < 4.78 is 0.570. The fraction of sp³-hybridized carbons (Fsp3) is 0.538. The van der Waals surface area contributed by atoms with Gasteiger partial charge in [-0.1, -0.05) is 18.5 Å². The Morgan fingerprint density at radius 2 is 2.26 bits per heavy atom. The molecule has 1 aliphatic rings. The van der Waals surface area contributed by atoms with E-state index in [1.54, 1.807) is 17.0 Å². The number of hydrogen-bond donors (Lipinski definition) is 1. The van der Waals surface area contributed by atoms with Crippen molar-refractivity contribution in [3.63, 3.8) is 0 Å². The van der Waals surface area contributed by atoms with Gasteiger partial charge in [-0.15, -0.1) is 11.3 Å². The van der Waals surface area contributed by atoms with Crippen LogP contribution in [-0.4, -0.2) is 35.0 Å². The molecule has 2 rings (SSSR count). The van der Waals surface area contributed by atoms with Crippen molar-refractivity contribution in [3.05, 3.63) is 21.3 Å². The lowest BCUT2D eigenvalue weighted by molar-refractivity contribution is -0.152. The van der Waals surface area contributed by atoms with Crippen LogP contribution in [0.1, 0.15) is 35.9 Å². The monoisotopic (exact) mass is 301 g/mol. The molecule has 6 heteroatoms. The number of carbonyl (C=O) groups excluding carboxylic acids is 1. The zero-order chi connectivity index (χ0) is 14.0. The normalized spacial score (nSPS) is 23.4. The van der Waals surface area contributed by atoms with Gasteiger partial charge in [0.2, 0.25) is 0 Å². The molecule has 1 aliphatic heterocycles. The van der Waals surface area contributed by atoms with Gasteiger partial charge in [-0.2, -0.15) is 0 Å². The van der Waals surface area contributed by atoms with Crippen molar-refractivity contribution < 1.29 is 14.7 Å². The highest BCUT2D eigenvalue weighted by molar-refractivity contribution is 7.17. The van der Waals surface area contributed by atoms with Gasteiger partial charge in [0.1, 0.15) is 0 Å². The maximum atomic E-state index is 12.3. The van der Waals surface area contributed by atoms with Crippen molar-refractivity contribution in [2.24, 2.45) is 5.41 Å². The van der Waals surface area contributed by atoms with Crippen LogP contribution in [0.3, 0.4) is 0 Å². The van der Waals surface area contributed by atoms with Gasteiger partial charge in [0.05, 0.1) is 14.6 Å². The summed E-state index contributed by atoms with van der Waals surface area (Å²) in [6.45, 7) is 2.76. The molecule has 1 atom stereocenters. The number of nitrogens with zero attached hydrogens (tertiary/aromatic N) is 1. The minimum atomic E-state index is -0.809. The molecule has 104 valence electrons. The summed E-state index contributed by atoms with van der Waals surface area (Å²) in [5, 5.41) is 9.41. The Hall–Kier alpha value is -1.07. The van der Waals surface area contributed by atoms with Crippen LogP contribution in [0.25, 0.3) is 0 Å². The Morgan fingerprint density at radius 3 is 2.79 bits per heavy atom. The summed E-state index contributed by atoms with van der Waals surface area (Å²) in [6.07, 6.45) is 1.90. The summed E-state index contributed by atoms with van der Waals surface area (Å²) in [4.78, 5) is 26.0. The van der Waals surface area contributed by atoms with Crippen LogP contribution in [0.15, 0.2) is 12.1 Å². The van der Waals surface area contributed by atoms with Crippen LogP contribution >= 0.6 is 22.9 Å². The number of carboxylic acid groups (broad SMARTS) is 1. The lowest BCUT2D eigenvalue weighted by atomic mass is 9.77. The fourth-order valence-corrected chi connectivity index (χ4v) is 3.52. The number of rotatable bonds is 3. The molecule has 1 N–H and O–H groups in total. The molecule has 0 bridgehead atoms. The zero-order valence-corrected chi connectivity index (χ0v) is 12.3. The van der Waals surface area contributed by atoms with Crippen molar-refractivity contribution >= 4 is 34.8 Å². The van der Waals surface area contributed by atoms with Gasteiger partial charge in [-0.3, -0.25) is 9.59 Å². The number of thiophene rings is 1. The molecule has 0 radical (unpaired) electrons. The first kappa shape index (κ1) is 14.3. The third-order valence-corrected chi connectivity index (χ3v) is 5.00. The molecule has 0 aliphatic carbocycles. The fourth-order valence-electron chi connectivity index (χ4n) is 2.50. The highest BCUT2D eigenvalue weighted by atomic mass is 35.5. The second-order valence-electron chi connectivity index (χ2n) is 4.87. The Labute approximate surface area is 121 Å². The van der Waals surface area contributed by atoms with Gasteiger partial charge in [0.15, 0.2) is 0 Å². The quantitative estimate of drug-likeness (QED) is 0.933. The first-order valence-electron chi connectivity index (χ1n) is 6.26. The van der Waals surface area contributed by atoms with E-state index in [1.165, 1.54) is 11.3 Å². The third-order valence-electron chi connectivity index (χ3n) is 3.78. The van der Waals surface area contributed by atoms with E-state index in [1.807, 2.05) is 6.92 Å². The van der Waals surface area contributed by atoms with E-state index in [-0.39, 0.29) is 12.5 Å². The van der Waals surface area contributed by atoms with Crippen molar-refractivity contribution in [1.29, 1.82) is 0 Å².